The van der Waals surface area contributed by atoms with Gasteiger partial charge in [-0.3, -0.25) is 0 Å². The Hall–Kier alpha value is -0.350. The molecule has 0 spiro atoms. The van der Waals surface area contributed by atoms with Gasteiger partial charge in [0.2, 0.25) is 0 Å². The van der Waals surface area contributed by atoms with Gasteiger partial charge in [-0.2, -0.15) is 0 Å². The molecule has 0 aromatic carbocycles. The van der Waals surface area contributed by atoms with Crippen molar-refractivity contribution in [1.82, 2.24) is 0 Å². The van der Waals surface area contributed by atoms with Crippen molar-refractivity contribution in [2.45, 2.75) is 6.42 Å². The zero-order valence-electron chi connectivity index (χ0n) is 4.75. The predicted molar refractivity (Wildman–Crippen MR) is 40.7 cm³/mol. The minimum Gasteiger partial charge on any atom is -0.104 e. The second-order valence-electron chi connectivity index (χ2n) is 1.66. The Kier molecular flexibility index (Phi) is 2.62. The Labute approximate surface area is 51.7 Å². The number of allylic oxidation sites excluding steroid dienone is 4. The SMILES string of the molecule is C1=PCC/C=C\C=C/1. The lowest BCUT2D eigenvalue weighted by molar-refractivity contribution is 1.25. The van der Waals surface area contributed by atoms with Gasteiger partial charge in [0, 0.05) is 0 Å². The third-order valence-electron chi connectivity index (χ3n) is 0.975. The van der Waals surface area contributed by atoms with E-state index < -0.39 is 0 Å². The van der Waals surface area contributed by atoms with Crippen molar-refractivity contribution in [3.63, 3.8) is 0 Å². The highest BCUT2D eigenvalue weighted by Gasteiger charge is 1.76. The molecule has 1 aliphatic rings. The van der Waals surface area contributed by atoms with Crippen LogP contribution in [0.1, 0.15) is 6.42 Å². The zero-order chi connectivity index (χ0) is 5.66. The summed E-state index contributed by atoms with van der Waals surface area (Å²) in [4.78, 5) is 0. The van der Waals surface area contributed by atoms with Crippen LogP contribution in [0.5, 0.6) is 0 Å². The zero-order valence-corrected chi connectivity index (χ0v) is 5.64. The maximum atomic E-state index is 2.20. The molecular formula is C7H9P. The van der Waals surface area contributed by atoms with E-state index in [1.54, 1.807) is 0 Å². The fourth-order valence-electron chi connectivity index (χ4n) is 0.573. The molecule has 0 amide bonds. The Morgan fingerprint density at radius 1 is 1.12 bits per heavy atom. The van der Waals surface area contributed by atoms with Crippen LogP contribution in [-0.4, -0.2) is 12.0 Å². The second kappa shape index (κ2) is 3.63. The molecule has 1 aliphatic heterocycles. The van der Waals surface area contributed by atoms with Gasteiger partial charge in [0.15, 0.2) is 0 Å². The van der Waals surface area contributed by atoms with E-state index in [9.17, 15) is 0 Å². The lowest BCUT2D eigenvalue weighted by Crippen LogP contribution is -1.70. The molecule has 1 heterocycles. The summed E-state index contributed by atoms with van der Waals surface area (Å²) in [7, 11) is 1.45. The molecule has 0 nitrogen and oxygen atoms in total. The van der Waals surface area contributed by atoms with Crippen LogP contribution >= 0.6 is 8.20 Å². The molecule has 0 saturated heterocycles. The molecule has 0 N–H and O–H groups in total. The van der Waals surface area contributed by atoms with E-state index in [2.05, 4.69) is 30.1 Å². The van der Waals surface area contributed by atoms with Crippen molar-refractivity contribution in [2.75, 3.05) is 6.16 Å². The van der Waals surface area contributed by atoms with E-state index in [-0.39, 0.29) is 0 Å². The third kappa shape index (κ3) is 2.09. The van der Waals surface area contributed by atoms with Crippen molar-refractivity contribution in [2.24, 2.45) is 0 Å². The minimum atomic E-state index is 1.22. The topological polar surface area (TPSA) is 0 Å². The summed E-state index contributed by atoms with van der Waals surface area (Å²) in [5.74, 6) is 2.18. The largest absolute Gasteiger partial charge is 0.104 e. The molecule has 0 aromatic rings. The molecule has 0 aliphatic carbocycles. The maximum absolute atomic E-state index is 2.20. The van der Waals surface area contributed by atoms with Gasteiger partial charge in [-0.15, -0.1) is 8.20 Å². The summed E-state index contributed by atoms with van der Waals surface area (Å²) >= 11 is 0. The van der Waals surface area contributed by atoms with Gasteiger partial charge in [0.25, 0.3) is 0 Å². The van der Waals surface area contributed by atoms with E-state index in [1.807, 2.05) is 0 Å². The lowest BCUT2D eigenvalue weighted by atomic mass is 10.4. The van der Waals surface area contributed by atoms with Crippen LogP contribution in [0, 0.1) is 0 Å². The van der Waals surface area contributed by atoms with E-state index in [0.717, 1.165) is 0 Å². The van der Waals surface area contributed by atoms with Crippen LogP contribution in [0.25, 0.3) is 0 Å². The van der Waals surface area contributed by atoms with E-state index in [4.69, 9.17) is 0 Å². The van der Waals surface area contributed by atoms with Gasteiger partial charge in [-0.1, -0.05) is 24.3 Å². The van der Waals surface area contributed by atoms with Gasteiger partial charge in [-0.25, -0.2) is 0 Å². The Morgan fingerprint density at radius 2 is 2.12 bits per heavy atom. The molecule has 1 rings (SSSR count). The fourth-order valence-corrected chi connectivity index (χ4v) is 1.24. The lowest BCUT2D eigenvalue weighted by Gasteiger charge is -1.85. The van der Waals surface area contributed by atoms with Crippen molar-refractivity contribution < 1.29 is 0 Å². The first kappa shape index (κ1) is 5.78. The Bertz CT molecular complexity index is 115. The summed E-state index contributed by atoms with van der Waals surface area (Å²) in [5.41, 5.74) is 0. The van der Waals surface area contributed by atoms with E-state index >= 15 is 0 Å². The van der Waals surface area contributed by atoms with E-state index in [1.165, 1.54) is 20.8 Å². The molecule has 0 fully saturated rings. The predicted octanol–water partition coefficient (Wildman–Crippen LogP) is 2.25. The van der Waals surface area contributed by atoms with Crippen LogP contribution in [0.3, 0.4) is 0 Å². The van der Waals surface area contributed by atoms with Crippen LogP contribution in [0.15, 0.2) is 24.3 Å². The smallest absolute Gasteiger partial charge is 0.00716 e. The number of rotatable bonds is 0. The van der Waals surface area contributed by atoms with Gasteiger partial charge >= 0.3 is 0 Å². The summed E-state index contributed by atoms with van der Waals surface area (Å²) in [6.45, 7) is 0. The molecule has 1 heteroatoms. The van der Waals surface area contributed by atoms with Crippen molar-refractivity contribution in [3.8, 4) is 0 Å². The monoisotopic (exact) mass is 124 g/mol. The normalized spacial score (nSPS) is 28.0. The highest BCUT2D eigenvalue weighted by molar-refractivity contribution is 7.38. The van der Waals surface area contributed by atoms with Gasteiger partial charge < -0.3 is 0 Å². The molecule has 8 heavy (non-hydrogen) atoms. The summed E-state index contributed by atoms with van der Waals surface area (Å²) in [5, 5.41) is 0. The highest BCUT2D eigenvalue weighted by Crippen LogP contribution is 2.00. The van der Waals surface area contributed by atoms with Crippen LogP contribution in [0.2, 0.25) is 0 Å². The summed E-state index contributed by atoms with van der Waals surface area (Å²) in [6, 6.07) is 0. The maximum Gasteiger partial charge on any atom is -0.00716 e. The average molecular weight is 124 g/mol. The quantitative estimate of drug-likeness (QED) is 0.434. The average Bonchev–Trinajstić information content (AvgIpc) is 1.62. The van der Waals surface area contributed by atoms with Crippen LogP contribution in [0.4, 0.5) is 0 Å². The third-order valence-corrected chi connectivity index (χ3v) is 1.87. The molecule has 0 aromatic heterocycles. The van der Waals surface area contributed by atoms with Crippen LogP contribution < -0.4 is 0 Å². The molecule has 42 valence electrons. The molecule has 0 atom stereocenters. The molecule has 0 saturated carbocycles. The summed E-state index contributed by atoms with van der Waals surface area (Å²) in [6.07, 6.45) is 11.0. The van der Waals surface area contributed by atoms with Crippen molar-refractivity contribution in [3.05, 3.63) is 24.3 Å². The fraction of sp³-hybridized carbons (Fsp3) is 0.286. The van der Waals surface area contributed by atoms with Crippen LogP contribution in [-0.2, 0) is 0 Å². The Balaban J connectivity index is 2.51. The van der Waals surface area contributed by atoms with Gasteiger partial charge in [0.1, 0.15) is 0 Å². The highest BCUT2D eigenvalue weighted by atomic mass is 31.1. The number of hydrogen-bond donors (Lipinski definition) is 0. The first-order valence-corrected chi connectivity index (χ1v) is 3.96. The molecule has 0 radical (unpaired) electrons. The second-order valence-corrected chi connectivity index (χ2v) is 2.77. The molecular weight excluding hydrogens is 115 g/mol. The standard InChI is InChI=1S/C7H9P/c1-2-4-6-8-7-5-3-1/h1-4,6H,5,7H2/b3-1-,4-2-. The molecule has 0 bridgehead atoms. The first-order chi connectivity index (χ1) is 4.00. The number of hydrogen-bond acceptors (Lipinski definition) is 0. The molecule has 0 unspecified atom stereocenters. The Morgan fingerprint density at radius 3 is 3.12 bits per heavy atom. The first-order valence-electron chi connectivity index (χ1n) is 2.82. The summed E-state index contributed by atoms with van der Waals surface area (Å²) < 4.78 is 0. The van der Waals surface area contributed by atoms with Gasteiger partial charge in [-0.05, 0) is 18.4 Å². The minimum absolute atomic E-state index is 1.22. The van der Waals surface area contributed by atoms with Crippen molar-refractivity contribution >= 4 is 14.0 Å². The van der Waals surface area contributed by atoms with E-state index in [0.29, 0.717) is 0 Å². The van der Waals surface area contributed by atoms with Crippen molar-refractivity contribution in [1.29, 1.82) is 0 Å². The van der Waals surface area contributed by atoms with Gasteiger partial charge in [0.05, 0.1) is 0 Å².